The average molecular weight is 681 g/mol. The molecule has 0 saturated carbocycles. The predicted octanol–water partition coefficient (Wildman–Crippen LogP) is 5.01. The van der Waals surface area contributed by atoms with E-state index in [1.165, 1.54) is 9.91 Å². The topological polar surface area (TPSA) is 158 Å². The van der Waals surface area contributed by atoms with E-state index < -0.39 is 41.7 Å². The molecule has 0 aliphatic carbocycles. The number of fused-ring (bicyclic) bond motifs is 1. The van der Waals surface area contributed by atoms with Crippen molar-refractivity contribution in [2.45, 2.75) is 111 Å². The number of nitrogens with one attached hydrogen (secondary N) is 2. The quantitative estimate of drug-likeness (QED) is 0.203. The summed E-state index contributed by atoms with van der Waals surface area (Å²) >= 11 is 0. The molecule has 0 spiro atoms. The first-order valence-corrected chi connectivity index (χ1v) is 17.3. The fourth-order valence-corrected chi connectivity index (χ4v) is 5.48. The molecule has 49 heavy (non-hydrogen) atoms. The van der Waals surface area contributed by atoms with Crippen LogP contribution in [0.2, 0.25) is 0 Å². The minimum absolute atomic E-state index is 0.00863. The maximum Gasteiger partial charge on any atom is 0.408 e. The first-order valence-electron chi connectivity index (χ1n) is 17.3. The van der Waals surface area contributed by atoms with Crippen LogP contribution in [-0.4, -0.2) is 75.8 Å². The molecular weight excluding hydrogens is 624 g/mol. The molecule has 1 unspecified atom stereocenters. The van der Waals surface area contributed by atoms with Crippen LogP contribution in [0.15, 0.2) is 54.4 Å². The molecular formula is C37H56N6O6. The SMILES string of the molecule is CCC(C)CN(NC(=O)C[C@@H](O)CCC(C)C)C(=O)[C@H](CC1=CN(C(=O)[C@H](C)N)CN1c1cccc2ccccc12)NC(=O)OC(C)(C)C. The molecule has 3 rings (SSSR count). The van der Waals surface area contributed by atoms with Gasteiger partial charge in [-0.25, -0.2) is 4.79 Å². The second-order valence-corrected chi connectivity index (χ2v) is 14.5. The van der Waals surface area contributed by atoms with Crippen LogP contribution in [0.4, 0.5) is 10.5 Å². The molecule has 0 aromatic heterocycles. The number of nitrogens with two attached hydrogens (primary N) is 1. The number of aliphatic hydroxyl groups is 1. The van der Waals surface area contributed by atoms with Crippen molar-refractivity contribution in [3.63, 3.8) is 0 Å². The molecule has 0 radical (unpaired) electrons. The van der Waals surface area contributed by atoms with Crippen LogP contribution in [0.3, 0.4) is 0 Å². The van der Waals surface area contributed by atoms with Crippen molar-refractivity contribution in [3.8, 4) is 0 Å². The number of hydrogen-bond acceptors (Lipinski definition) is 8. The van der Waals surface area contributed by atoms with Gasteiger partial charge in [0.05, 0.1) is 24.3 Å². The highest BCUT2D eigenvalue weighted by Gasteiger charge is 2.36. The van der Waals surface area contributed by atoms with Gasteiger partial charge in [0.1, 0.15) is 18.3 Å². The lowest BCUT2D eigenvalue weighted by molar-refractivity contribution is -0.144. The van der Waals surface area contributed by atoms with Crippen LogP contribution < -0.4 is 21.4 Å². The average Bonchev–Trinajstić information content (AvgIpc) is 3.44. The largest absolute Gasteiger partial charge is 0.444 e. The smallest absolute Gasteiger partial charge is 0.408 e. The van der Waals surface area contributed by atoms with Gasteiger partial charge in [-0.3, -0.25) is 29.7 Å². The van der Waals surface area contributed by atoms with E-state index in [4.69, 9.17) is 10.5 Å². The van der Waals surface area contributed by atoms with Crippen molar-refractivity contribution in [2.24, 2.45) is 17.6 Å². The zero-order chi connectivity index (χ0) is 36.5. The number of nitrogens with zero attached hydrogens (tertiary/aromatic N) is 3. The number of hydrazine groups is 1. The van der Waals surface area contributed by atoms with E-state index in [1.807, 2.05) is 75.1 Å². The summed E-state index contributed by atoms with van der Waals surface area (Å²) in [5.41, 5.74) is 9.27. The number of carbonyl (C=O) groups is 4. The first kappa shape index (κ1) is 39.3. The highest BCUT2D eigenvalue weighted by Crippen LogP contribution is 2.34. The van der Waals surface area contributed by atoms with Crippen molar-refractivity contribution in [2.75, 3.05) is 18.1 Å². The Morgan fingerprint density at radius 1 is 1.02 bits per heavy atom. The Kier molecular flexibility index (Phi) is 14.0. The molecule has 2 aromatic carbocycles. The first-order chi connectivity index (χ1) is 23.0. The number of ether oxygens (including phenoxy) is 1. The lowest BCUT2D eigenvalue weighted by Gasteiger charge is -2.32. The highest BCUT2D eigenvalue weighted by atomic mass is 16.6. The maximum absolute atomic E-state index is 14.4. The van der Waals surface area contributed by atoms with E-state index in [9.17, 15) is 24.3 Å². The van der Waals surface area contributed by atoms with Gasteiger partial charge in [0, 0.05) is 30.2 Å². The Morgan fingerprint density at radius 3 is 2.33 bits per heavy atom. The predicted molar refractivity (Wildman–Crippen MR) is 192 cm³/mol. The molecule has 4 amide bonds. The van der Waals surface area contributed by atoms with Crippen LogP contribution in [0, 0.1) is 11.8 Å². The van der Waals surface area contributed by atoms with Gasteiger partial charge >= 0.3 is 6.09 Å². The zero-order valence-corrected chi connectivity index (χ0v) is 30.4. The van der Waals surface area contributed by atoms with Crippen LogP contribution in [0.5, 0.6) is 0 Å². The van der Waals surface area contributed by atoms with E-state index in [2.05, 4.69) is 10.7 Å². The summed E-state index contributed by atoms with van der Waals surface area (Å²) in [5.74, 6) is -0.986. The summed E-state index contributed by atoms with van der Waals surface area (Å²) in [4.78, 5) is 57.4. The number of benzene rings is 2. The molecule has 0 saturated heterocycles. The van der Waals surface area contributed by atoms with Gasteiger partial charge in [-0.05, 0) is 63.8 Å². The molecule has 1 aliphatic heterocycles. The van der Waals surface area contributed by atoms with Crippen molar-refractivity contribution < 1.29 is 29.0 Å². The van der Waals surface area contributed by atoms with Crippen molar-refractivity contribution in [1.29, 1.82) is 0 Å². The second-order valence-electron chi connectivity index (χ2n) is 14.5. The maximum atomic E-state index is 14.4. The van der Waals surface area contributed by atoms with Gasteiger partial charge in [0.2, 0.25) is 11.8 Å². The number of rotatable bonds is 14. The molecule has 12 heteroatoms. The van der Waals surface area contributed by atoms with Gasteiger partial charge in [0.15, 0.2) is 0 Å². The number of amides is 4. The minimum atomic E-state index is -1.20. The van der Waals surface area contributed by atoms with E-state index >= 15 is 0 Å². The van der Waals surface area contributed by atoms with Gasteiger partial charge in [0.25, 0.3) is 5.91 Å². The normalized spacial score (nSPS) is 15.8. The molecule has 2 aromatic rings. The molecule has 0 bridgehead atoms. The lowest BCUT2D eigenvalue weighted by Crippen LogP contribution is -2.56. The van der Waals surface area contributed by atoms with Crippen LogP contribution >= 0.6 is 0 Å². The second kappa shape index (κ2) is 17.5. The third kappa shape index (κ3) is 11.7. The fraction of sp³-hybridized carbons (Fsp3) is 0.568. The van der Waals surface area contributed by atoms with Crippen molar-refractivity contribution in [1.82, 2.24) is 20.7 Å². The summed E-state index contributed by atoms with van der Waals surface area (Å²) in [6, 6.07) is 11.8. The number of alkyl carbamates (subject to hydrolysis) is 1. The van der Waals surface area contributed by atoms with Gasteiger partial charge in [-0.15, -0.1) is 0 Å². The number of carbonyl (C=O) groups excluding carboxylic acids is 4. The van der Waals surface area contributed by atoms with E-state index in [-0.39, 0.29) is 37.9 Å². The van der Waals surface area contributed by atoms with Crippen LogP contribution in [-0.2, 0) is 19.1 Å². The zero-order valence-electron chi connectivity index (χ0n) is 30.4. The fourth-order valence-electron chi connectivity index (χ4n) is 5.48. The van der Waals surface area contributed by atoms with Gasteiger partial charge in [-0.2, -0.15) is 0 Å². The molecule has 0 fully saturated rings. The molecule has 1 aliphatic rings. The van der Waals surface area contributed by atoms with E-state index in [1.54, 1.807) is 33.9 Å². The number of anilines is 1. The van der Waals surface area contributed by atoms with Crippen molar-refractivity contribution >= 4 is 40.3 Å². The summed E-state index contributed by atoms with van der Waals surface area (Å²) < 4.78 is 5.55. The Morgan fingerprint density at radius 2 is 1.69 bits per heavy atom. The molecule has 12 nitrogen and oxygen atoms in total. The van der Waals surface area contributed by atoms with Crippen LogP contribution in [0.25, 0.3) is 10.8 Å². The third-order valence-corrected chi connectivity index (χ3v) is 8.29. The molecule has 270 valence electrons. The number of hydrogen-bond donors (Lipinski definition) is 4. The van der Waals surface area contributed by atoms with E-state index in [0.29, 0.717) is 18.0 Å². The molecule has 1 heterocycles. The van der Waals surface area contributed by atoms with Crippen LogP contribution in [0.1, 0.15) is 87.5 Å². The summed E-state index contributed by atoms with van der Waals surface area (Å²) in [7, 11) is 0. The van der Waals surface area contributed by atoms with Gasteiger partial charge < -0.3 is 25.8 Å². The minimum Gasteiger partial charge on any atom is -0.444 e. The molecule has 4 atom stereocenters. The van der Waals surface area contributed by atoms with Gasteiger partial charge in [-0.1, -0.05) is 70.5 Å². The number of aliphatic hydroxyl groups excluding tert-OH is 1. The van der Waals surface area contributed by atoms with Crippen molar-refractivity contribution in [3.05, 3.63) is 54.4 Å². The summed E-state index contributed by atoms with van der Waals surface area (Å²) in [6.07, 6.45) is 1.75. The Bertz CT molecular complexity index is 1480. The Labute approximate surface area is 291 Å². The summed E-state index contributed by atoms with van der Waals surface area (Å²) in [6.45, 7) is 15.1. The Balaban J connectivity index is 2.02. The standard InChI is InChI=1S/C37H56N6O6/c1-9-25(4)21-43(40-33(45)20-29(44)18-17-24(2)3)35(47)31(39-36(48)49-37(6,7)8)19-28-22-41(34(46)26(5)38)23-42(28)32-16-12-14-27-13-10-11-15-30(27)32/h10-16,22,24-26,29,31,44H,9,17-21,23,38H2,1-8H3,(H,39,48)(H,40,45)/t25?,26-,29-,31-/m0/s1. The van der Waals surface area contributed by atoms with E-state index in [0.717, 1.165) is 29.3 Å². The third-order valence-electron chi connectivity index (χ3n) is 8.29. The lowest BCUT2D eigenvalue weighted by atomic mass is 10.0. The monoisotopic (exact) mass is 680 g/mol. The highest BCUT2D eigenvalue weighted by molar-refractivity contribution is 5.96. The Hall–Kier alpha value is -4.16. The summed E-state index contributed by atoms with van der Waals surface area (Å²) in [5, 5.41) is 16.4. The molecule has 5 N–H and O–H groups in total.